The summed E-state index contributed by atoms with van der Waals surface area (Å²) in [5.41, 5.74) is 10.9. The first-order chi connectivity index (χ1) is 11.4. The van der Waals surface area contributed by atoms with E-state index in [0.717, 1.165) is 40.7 Å². The first kappa shape index (κ1) is 19.8. The fourth-order valence-electron chi connectivity index (χ4n) is 2.87. The molecular weight excluding hydrogens is 300 g/mol. The van der Waals surface area contributed by atoms with Crippen LogP contribution in [0.4, 0.5) is 0 Å². The summed E-state index contributed by atoms with van der Waals surface area (Å²) in [5, 5.41) is 0. The Labute approximate surface area is 144 Å². The van der Waals surface area contributed by atoms with Gasteiger partial charge in [0.25, 0.3) is 0 Å². The summed E-state index contributed by atoms with van der Waals surface area (Å²) < 4.78 is 0. The maximum Gasteiger partial charge on any atom is 0.232 e. The third-order valence-electron chi connectivity index (χ3n) is 4.09. The Morgan fingerprint density at radius 1 is 1.00 bits per heavy atom. The summed E-state index contributed by atoms with van der Waals surface area (Å²) in [5.74, 6) is 0.177. The molecule has 0 aromatic rings. The molecule has 4 heteroatoms. The van der Waals surface area contributed by atoms with Gasteiger partial charge in [-0.05, 0) is 37.8 Å². The molecule has 2 aliphatic carbocycles. The summed E-state index contributed by atoms with van der Waals surface area (Å²) in [7, 11) is 0. The van der Waals surface area contributed by atoms with E-state index >= 15 is 0 Å². The van der Waals surface area contributed by atoms with E-state index in [9.17, 15) is 9.59 Å². The number of ketones is 2. The Balaban J connectivity index is 0.000000240. The molecule has 0 aliphatic heterocycles. The van der Waals surface area contributed by atoms with E-state index in [2.05, 4.69) is 10.9 Å². The van der Waals surface area contributed by atoms with Crippen molar-refractivity contribution in [2.75, 3.05) is 6.54 Å². The molecule has 0 radical (unpaired) electrons. The topological polar surface area (TPSA) is 64.5 Å². The molecule has 0 bridgehead atoms. The predicted octanol–water partition coefficient (Wildman–Crippen LogP) is 4.06. The summed E-state index contributed by atoms with van der Waals surface area (Å²) in [6.45, 7) is 15.1. The molecule has 4 nitrogen and oxygen atoms in total. The number of carbonyl (C=O) groups excluding carboxylic acids is 2. The minimum Gasteiger partial charge on any atom is -0.326 e. The second-order valence-electron chi connectivity index (χ2n) is 6.08. The largest absolute Gasteiger partial charge is 0.326 e. The van der Waals surface area contributed by atoms with Gasteiger partial charge in [-0.25, -0.2) is 4.85 Å². The van der Waals surface area contributed by atoms with E-state index in [-0.39, 0.29) is 11.6 Å². The summed E-state index contributed by atoms with van der Waals surface area (Å²) >= 11 is 0. The molecule has 0 amide bonds. The van der Waals surface area contributed by atoms with Crippen LogP contribution in [0, 0.1) is 6.57 Å². The van der Waals surface area contributed by atoms with E-state index in [0.29, 0.717) is 25.1 Å². The smallest absolute Gasteiger partial charge is 0.232 e. The zero-order valence-electron chi connectivity index (χ0n) is 15.0. The third kappa shape index (κ3) is 4.87. The van der Waals surface area contributed by atoms with Gasteiger partial charge in [0.2, 0.25) is 5.70 Å². The van der Waals surface area contributed by atoms with Gasteiger partial charge < -0.3 is 10.5 Å². The van der Waals surface area contributed by atoms with Gasteiger partial charge >= 0.3 is 0 Å². The number of hydrogen-bond acceptors (Lipinski definition) is 3. The van der Waals surface area contributed by atoms with Crippen LogP contribution in [0.25, 0.3) is 4.85 Å². The minimum absolute atomic E-state index is 0.0261. The molecule has 2 rings (SSSR count). The lowest BCUT2D eigenvalue weighted by Crippen LogP contribution is -2.18. The van der Waals surface area contributed by atoms with Crippen LogP contribution in [-0.4, -0.2) is 18.1 Å². The molecule has 2 N–H and O–H groups in total. The van der Waals surface area contributed by atoms with E-state index in [4.69, 9.17) is 12.3 Å². The molecule has 128 valence electrons. The van der Waals surface area contributed by atoms with Crippen molar-refractivity contribution < 1.29 is 9.59 Å². The van der Waals surface area contributed by atoms with Crippen molar-refractivity contribution in [3.63, 3.8) is 0 Å². The first-order valence-corrected chi connectivity index (χ1v) is 8.31. The van der Waals surface area contributed by atoms with Crippen LogP contribution in [0.2, 0.25) is 0 Å². The van der Waals surface area contributed by atoms with Crippen LogP contribution in [-0.2, 0) is 9.59 Å². The van der Waals surface area contributed by atoms with Crippen molar-refractivity contribution in [3.05, 3.63) is 57.1 Å². The zero-order chi connectivity index (χ0) is 18.3. The van der Waals surface area contributed by atoms with Crippen molar-refractivity contribution >= 4 is 11.6 Å². The molecule has 0 unspecified atom stereocenters. The summed E-state index contributed by atoms with van der Waals surface area (Å²) in [6, 6.07) is 0. The fraction of sp³-hybridized carbons (Fsp3) is 0.450. The van der Waals surface area contributed by atoms with E-state index in [1.165, 1.54) is 0 Å². The Hall–Kier alpha value is -2.25. The highest BCUT2D eigenvalue weighted by molar-refractivity contribution is 6.01. The van der Waals surface area contributed by atoms with E-state index in [1.807, 2.05) is 33.8 Å². The average Bonchev–Trinajstić information content (AvgIpc) is 2.54. The number of nitrogens with zero attached hydrogens (tertiary/aromatic N) is 1. The van der Waals surface area contributed by atoms with Crippen LogP contribution in [0.15, 0.2) is 45.7 Å². The standard InChI is InChI=1S/C10H11NO.C10H15NO/c1-4-8-5-7(2)6-9(12)10(8)11-3;1-3-8-4-7(2)5-10(12)9(8)6-11/h5H,4,6H2,1-2H3;4H,3,5-6,11H2,1-2H3. The van der Waals surface area contributed by atoms with Gasteiger partial charge in [0.1, 0.15) is 0 Å². The molecule has 0 fully saturated rings. The predicted molar refractivity (Wildman–Crippen MR) is 97.1 cm³/mol. The SMILES string of the molecule is CCC1=C(CN)C(=O)CC(C)=C1.[C-]#[N+]C1=C(CC)C=C(C)CC1=O. The second-order valence-corrected chi connectivity index (χ2v) is 6.08. The van der Waals surface area contributed by atoms with Crippen molar-refractivity contribution in [2.45, 2.75) is 53.4 Å². The third-order valence-corrected chi connectivity index (χ3v) is 4.09. The van der Waals surface area contributed by atoms with Crippen LogP contribution in [0.5, 0.6) is 0 Å². The van der Waals surface area contributed by atoms with Crippen molar-refractivity contribution in [2.24, 2.45) is 5.73 Å². The van der Waals surface area contributed by atoms with Gasteiger partial charge in [-0.3, -0.25) is 4.79 Å². The van der Waals surface area contributed by atoms with Gasteiger partial charge in [-0.2, -0.15) is 0 Å². The second kappa shape index (κ2) is 9.14. The Morgan fingerprint density at radius 3 is 1.96 bits per heavy atom. The number of carbonyl (C=O) groups is 2. The van der Waals surface area contributed by atoms with Gasteiger partial charge in [-0.1, -0.05) is 37.1 Å². The normalized spacial score (nSPS) is 17.8. The number of hydrogen-bond donors (Lipinski definition) is 1. The van der Waals surface area contributed by atoms with Gasteiger partial charge in [0.15, 0.2) is 11.6 Å². The number of nitrogens with two attached hydrogens (primary N) is 1. The lowest BCUT2D eigenvalue weighted by atomic mass is 9.90. The van der Waals surface area contributed by atoms with Crippen molar-refractivity contribution in [1.82, 2.24) is 0 Å². The highest BCUT2D eigenvalue weighted by Gasteiger charge is 2.18. The molecule has 0 heterocycles. The lowest BCUT2D eigenvalue weighted by Gasteiger charge is -2.15. The Morgan fingerprint density at radius 2 is 1.50 bits per heavy atom. The molecule has 0 spiro atoms. The maximum atomic E-state index is 11.4. The van der Waals surface area contributed by atoms with E-state index in [1.54, 1.807) is 0 Å². The van der Waals surface area contributed by atoms with Crippen molar-refractivity contribution in [3.8, 4) is 0 Å². The van der Waals surface area contributed by atoms with Crippen LogP contribution in [0.3, 0.4) is 0 Å². The molecule has 0 aromatic carbocycles. The number of Topliss-reactive ketones (excluding diaryl/α,β-unsaturated/α-hetero) is 2. The van der Waals surface area contributed by atoms with Crippen LogP contribution in [0.1, 0.15) is 53.4 Å². The minimum atomic E-state index is -0.0261. The highest BCUT2D eigenvalue weighted by atomic mass is 16.1. The monoisotopic (exact) mass is 326 g/mol. The highest BCUT2D eigenvalue weighted by Crippen LogP contribution is 2.24. The van der Waals surface area contributed by atoms with Gasteiger partial charge in [0.05, 0.1) is 6.57 Å². The summed E-state index contributed by atoms with van der Waals surface area (Å²) in [4.78, 5) is 26.0. The maximum absolute atomic E-state index is 11.4. The molecule has 2 aliphatic rings. The summed E-state index contributed by atoms with van der Waals surface area (Å²) in [6.07, 6.45) is 6.67. The lowest BCUT2D eigenvalue weighted by molar-refractivity contribution is -0.115. The Bertz CT molecular complexity index is 698. The molecule has 24 heavy (non-hydrogen) atoms. The average molecular weight is 326 g/mol. The fourth-order valence-corrected chi connectivity index (χ4v) is 2.87. The molecule has 0 atom stereocenters. The van der Waals surface area contributed by atoms with Crippen LogP contribution >= 0.6 is 0 Å². The number of rotatable bonds is 3. The van der Waals surface area contributed by atoms with E-state index < -0.39 is 0 Å². The molecule has 0 saturated heterocycles. The first-order valence-electron chi connectivity index (χ1n) is 8.31. The zero-order valence-corrected chi connectivity index (χ0v) is 15.0. The quantitative estimate of drug-likeness (QED) is 0.795. The van der Waals surface area contributed by atoms with Crippen molar-refractivity contribution in [1.29, 1.82) is 0 Å². The van der Waals surface area contributed by atoms with Crippen LogP contribution < -0.4 is 5.73 Å². The molecular formula is C20H26N2O2. The van der Waals surface area contributed by atoms with Gasteiger partial charge in [-0.15, -0.1) is 0 Å². The Kier molecular flexibility index (Phi) is 7.54. The van der Waals surface area contributed by atoms with Gasteiger partial charge in [0, 0.05) is 25.0 Å². The molecule has 0 aromatic heterocycles. The molecule has 0 saturated carbocycles. The number of allylic oxidation sites excluding steroid dienone is 7.